The highest BCUT2D eigenvalue weighted by Crippen LogP contribution is 2.31. The molecule has 1 saturated heterocycles. The summed E-state index contributed by atoms with van der Waals surface area (Å²) in [5, 5.41) is 0. The Morgan fingerprint density at radius 2 is 1.94 bits per heavy atom. The van der Waals surface area contributed by atoms with E-state index in [9.17, 15) is 14.0 Å². The lowest BCUT2D eigenvalue weighted by Gasteiger charge is -2.20. The lowest BCUT2D eigenvalue weighted by Crippen LogP contribution is -2.24. The lowest BCUT2D eigenvalue weighted by molar-refractivity contribution is -0.163. The third kappa shape index (κ3) is 2.43. The number of hydrogen-bond donors (Lipinski definition) is 0. The summed E-state index contributed by atoms with van der Waals surface area (Å²) in [6, 6.07) is 4.32. The van der Waals surface area contributed by atoms with E-state index in [-0.39, 0.29) is 24.5 Å². The largest absolute Gasteiger partial charge is 0.494 e. The maximum absolute atomic E-state index is 13.2. The maximum Gasteiger partial charge on any atom is 0.314 e. The summed E-state index contributed by atoms with van der Waals surface area (Å²) in [6.45, 7) is 0. The van der Waals surface area contributed by atoms with Crippen LogP contribution in [0.1, 0.15) is 24.3 Å². The van der Waals surface area contributed by atoms with Crippen LogP contribution in [-0.4, -0.2) is 19.0 Å². The fourth-order valence-electron chi connectivity index (χ4n) is 1.85. The highest BCUT2D eigenvalue weighted by atomic mass is 19.1. The summed E-state index contributed by atoms with van der Waals surface area (Å²) in [7, 11) is 1.36. The molecule has 0 spiro atoms. The van der Waals surface area contributed by atoms with E-state index in [0.29, 0.717) is 5.56 Å². The van der Waals surface area contributed by atoms with Crippen molar-refractivity contribution in [2.45, 2.75) is 18.8 Å². The lowest BCUT2D eigenvalue weighted by atomic mass is 9.91. The maximum atomic E-state index is 13.2. The molecule has 1 fully saturated rings. The molecule has 0 bridgehead atoms. The van der Waals surface area contributed by atoms with Crippen molar-refractivity contribution in [1.29, 1.82) is 0 Å². The van der Waals surface area contributed by atoms with Crippen molar-refractivity contribution in [2.24, 2.45) is 0 Å². The van der Waals surface area contributed by atoms with E-state index in [1.54, 1.807) is 6.07 Å². The van der Waals surface area contributed by atoms with Crippen LogP contribution in [0, 0.1) is 5.82 Å². The van der Waals surface area contributed by atoms with E-state index in [2.05, 4.69) is 4.74 Å². The van der Waals surface area contributed by atoms with Crippen LogP contribution in [0.2, 0.25) is 0 Å². The van der Waals surface area contributed by atoms with Gasteiger partial charge in [0.25, 0.3) is 0 Å². The topological polar surface area (TPSA) is 52.6 Å². The quantitative estimate of drug-likeness (QED) is 0.582. The molecule has 5 heteroatoms. The molecular weight excluding hydrogens is 227 g/mol. The molecule has 1 aromatic rings. The summed E-state index contributed by atoms with van der Waals surface area (Å²) < 4.78 is 22.5. The number of ether oxygens (including phenoxy) is 2. The van der Waals surface area contributed by atoms with Crippen LogP contribution in [0.5, 0.6) is 5.75 Å². The number of hydrogen-bond acceptors (Lipinski definition) is 4. The first-order valence-corrected chi connectivity index (χ1v) is 5.17. The van der Waals surface area contributed by atoms with Gasteiger partial charge in [0.15, 0.2) is 11.6 Å². The number of methoxy groups -OCH3 is 1. The molecule has 4 nitrogen and oxygen atoms in total. The highest BCUT2D eigenvalue weighted by molar-refractivity contribution is 5.89. The third-order valence-corrected chi connectivity index (χ3v) is 2.70. The van der Waals surface area contributed by atoms with Gasteiger partial charge in [-0.1, -0.05) is 6.07 Å². The van der Waals surface area contributed by atoms with Crippen molar-refractivity contribution in [3.63, 3.8) is 0 Å². The SMILES string of the molecule is COc1cc(C2CC(=O)OC(=O)C2)ccc1F. The zero-order chi connectivity index (χ0) is 12.4. The minimum absolute atomic E-state index is 0.105. The van der Waals surface area contributed by atoms with Crippen LogP contribution in [0.15, 0.2) is 18.2 Å². The van der Waals surface area contributed by atoms with Crippen molar-refractivity contribution in [1.82, 2.24) is 0 Å². The van der Waals surface area contributed by atoms with Crippen LogP contribution >= 0.6 is 0 Å². The van der Waals surface area contributed by atoms with Crippen molar-refractivity contribution >= 4 is 11.9 Å². The van der Waals surface area contributed by atoms with Gasteiger partial charge in [-0.05, 0) is 17.7 Å². The summed E-state index contributed by atoms with van der Waals surface area (Å²) in [6.07, 6.45) is 0.251. The molecule has 17 heavy (non-hydrogen) atoms. The minimum Gasteiger partial charge on any atom is -0.494 e. The first kappa shape index (κ1) is 11.6. The van der Waals surface area contributed by atoms with Crippen molar-refractivity contribution in [3.05, 3.63) is 29.6 Å². The Labute approximate surface area is 97.3 Å². The zero-order valence-corrected chi connectivity index (χ0v) is 9.23. The van der Waals surface area contributed by atoms with Crippen LogP contribution < -0.4 is 4.74 Å². The van der Waals surface area contributed by atoms with Gasteiger partial charge in [0.2, 0.25) is 0 Å². The van der Waals surface area contributed by atoms with Gasteiger partial charge < -0.3 is 9.47 Å². The Balaban J connectivity index is 2.27. The van der Waals surface area contributed by atoms with Gasteiger partial charge in [-0.2, -0.15) is 0 Å². The Bertz CT molecular complexity index is 454. The van der Waals surface area contributed by atoms with Gasteiger partial charge in [0, 0.05) is 5.92 Å². The van der Waals surface area contributed by atoms with E-state index in [1.807, 2.05) is 0 Å². The predicted octanol–water partition coefficient (Wildman–Crippen LogP) is 1.78. The molecule has 1 aliphatic heterocycles. The molecule has 0 N–H and O–H groups in total. The molecule has 0 atom stereocenters. The molecule has 1 aromatic carbocycles. The molecule has 2 rings (SSSR count). The Morgan fingerprint density at radius 1 is 1.29 bits per heavy atom. The van der Waals surface area contributed by atoms with Crippen molar-refractivity contribution in [2.75, 3.05) is 7.11 Å². The van der Waals surface area contributed by atoms with Crippen molar-refractivity contribution < 1.29 is 23.5 Å². The predicted molar refractivity (Wildman–Crippen MR) is 56.0 cm³/mol. The number of halogens is 1. The van der Waals surface area contributed by atoms with Crippen LogP contribution in [0.4, 0.5) is 4.39 Å². The molecule has 0 unspecified atom stereocenters. The van der Waals surface area contributed by atoms with Crippen LogP contribution in [-0.2, 0) is 14.3 Å². The first-order valence-electron chi connectivity index (χ1n) is 5.17. The third-order valence-electron chi connectivity index (χ3n) is 2.70. The number of rotatable bonds is 2. The highest BCUT2D eigenvalue weighted by Gasteiger charge is 2.28. The molecule has 0 aromatic heterocycles. The standard InChI is InChI=1S/C12H11FO4/c1-16-10-4-7(2-3-9(10)13)8-5-11(14)17-12(15)6-8/h2-4,8H,5-6H2,1H3. The van der Waals surface area contributed by atoms with Gasteiger partial charge in [-0.25, -0.2) is 4.39 Å². The second kappa shape index (κ2) is 4.53. The second-order valence-electron chi connectivity index (χ2n) is 3.85. The molecule has 0 aliphatic carbocycles. The van der Waals surface area contributed by atoms with Gasteiger partial charge >= 0.3 is 11.9 Å². The second-order valence-corrected chi connectivity index (χ2v) is 3.85. The van der Waals surface area contributed by atoms with Gasteiger partial charge in [-0.15, -0.1) is 0 Å². The van der Waals surface area contributed by atoms with E-state index in [0.717, 1.165) is 0 Å². The molecule has 0 radical (unpaired) electrons. The van der Waals surface area contributed by atoms with Gasteiger partial charge in [-0.3, -0.25) is 9.59 Å². The van der Waals surface area contributed by atoms with Crippen LogP contribution in [0.25, 0.3) is 0 Å². The Hall–Kier alpha value is -1.91. The molecule has 0 amide bonds. The zero-order valence-electron chi connectivity index (χ0n) is 9.23. The first-order chi connectivity index (χ1) is 8.10. The number of esters is 2. The van der Waals surface area contributed by atoms with E-state index in [1.165, 1.54) is 19.2 Å². The number of carbonyl (C=O) groups excluding carboxylic acids is 2. The minimum atomic E-state index is -0.547. The summed E-state index contributed by atoms with van der Waals surface area (Å²) >= 11 is 0. The fraction of sp³-hybridized carbons (Fsp3) is 0.333. The van der Waals surface area contributed by atoms with Crippen molar-refractivity contribution in [3.8, 4) is 5.75 Å². The van der Waals surface area contributed by atoms with Gasteiger partial charge in [0.05, 0.1) is 20.0 Å². The molecular formula is C12H11FO4. The van der Waals surface area contributed by atoms with Crippen LogP contribution in [0.3, 0.4) is 0 Å². The summed E-state index contributed by atoms with van der Waals surface area (Å²) in [5.41, 5.74) is 0.702. The smallest absolute Gasteiger partial charge is 0.314 e. The van der Waals surface area contributed by atoms with E-state index < -0.39 is 17.8 Å². The Kier molecular flexibility index (Phi) is 3.08. The van der Waals surface area contributed by atoms with E-state index in [4.69, 9.17) is 4.74 Å². The molecule has 90 valence electrons. The monoisotopic (exact) mass is 238 g/mol. The summed E-state index contributed by atoms with van der Waals surface area (Å²) in [4.78, 5) is 22.3. The van der Waals surface area contributed by atoms with E-state index >= 15 is 0 Å². The fourth-order valence-corrected chi connectivity index (χ4v) is 1.85. The molecule has 1 aliphatic rings. The normalized spacial score (nSPS) is 16.8. The summed E-state index contributed by atoms with van der Waals surface area (Å²) in [5.74, 6) is -1.72. The number of benzene rings is 1. The van der Waals surface area contributed by atoms with Gasteiger partial charge in [0.1, 0.15) is 0 Å². The molecule has 1 heterocycles. The number of cyclic esters (lactones) is 2. The molecule has 0 saturated carbocycles. The Morgan fingerprint density at radius 3 is 2.53 bits per heavy atom. The number of carbonyl (C=O) groups is 2. The average molecular weight is 238 g/mol. The average Bonchev–Trinajstić information content (AvgIpc) is 2.28.